The Morgan fingerprint density at radius 2 is 2.00 bits per heavy atom. The van der Waals surface area contributed by atoms with Gasteiger partial charge in [-0.15, -0.1) is 24.0 Å². The maximum absolute atomic E-state index is 6.15. The molecule has 0 unspecified atom stereocenters. The van der Waals surface area contributed by atoms with E-state index in [1.807, 2.05) is 25.2 Å². The average molecular weight is 422 g/mol. The van der Waals surface area contributed by atoms with Crippen LogP contribution in [0.1, 0.15) is 37.7 Å². The first-order chi connectivity index (χ1) is 9.79. The molecule has 0 bridgehead atoms. The van der Waals surface area contributed by atoms with Crippen LogP contribution < -0.4 is 10.6 Å². The third-order valence-corrected chi connectivity index (χ3v) is 4.16. The van der Waals surface area contributed by atoms with Gasteiger partial charge in [-0.2, -0.15) is 0 Å². The first-order valence-electron chi connectivity index (χ1n) is 7.50. The molecule has 1 aromatic rings. The third-order valence-electron chi connectivity index (χ3n) is 3.79. The Labute approximate surface area is 150 Å². The molecule has 1 aliphatic rings. The molecule has 0 radical (unpaired) electrons. The molecule has 0 amide bonds. The summed E-state index contributed by atoms with van der Waals surface area (Å²) in [5.74, 6) is 0.927. The van der Waals surface area contributed by atoms with Gasteiger partial charge < -0.3 is 10.6 Å². The van der Waals surface area contributed by atoms with Crippen molar-refractivity contribution in [3.63, 3.8) is 0 Å². The number of nitrogens with zero attached hydrogens (tertiary/aromatic N) is 1. The van der Waals surface area contributed by atoms with Crippen LogP contribution in [-0.2, 0) is 6.42 Å². The van der Waals surface area contributed by atoms with Gasteiger partial charge in [0.25, 0.3) is 0 Å². The third kappa shape index (κ3) is 6.43. The second-order valence-electron chi connectivity index (χ2n) is 5.32. The zero-order chi connectivity index (χ0) is 14.2. The molecule has 2 N–H and O–H groups in total. The summed E-state index contributed by atoms with van der Waals surface area (Å²) in [7, 11) is 1.83. The molecule has 21 heavy (non-hydrogen) atoms. The van der Waals surface area contributed by atoms with E-state index >= 15 is 0 Å². The van der Waals surface area contributed by atoms with E-state index in [0.717, 1.165) is 30.4 Å². The maximum Gasteiger partial charge on any atom is 0.191 e. The van der Waals surface area contributed by atoms with Crippen LogP contribution in [0.15, 0.2) is 29.3 Å². The lowest BCUT2D eigenvalue weighted by molar-refractivity contribution is 0.610. The van der Waals surface area contributed by atoms with Gasteiger partial charge in [0.1, 0.15) is 0 Å². The van der Waals surface area contributed by atoms with E-state index in [1.54, 1.807) is 0 Å². The minimum absolute atomic E-state index is 0. The first kappa shape index (κ1) is 18.6. The predicted molar refractivity (Wildman–Crippen MR) is 102 cm³/mol. The number of aliphatic imine (C=N–C) groups is 1. The van der Waals surface area contributed by atoms with Crippen molar-refractivity contribution in [1.29, 1.82) is 0 Å². The second kappa shape index (κ2) is 10.3. The van der Waals surface area contributed by atoms with Gasteiger partial charge in [0.15, 0.2) is 5.96 Å². The summed E-state index contributed by atoms with van der Waals surface area (Å²) < 4.78 is 0. The summed E-state index contributed by atoms with van der Waals surface area (Å²) in [4.78, 5) is 4.28. The molecule has 0 spiro atoms. The molecule has 0 heterocycles. The zero-order valence-electron chi connectivity index (χ0n) is 12.6. The number of nitrogens with one attached hydrogen (secondary N) is 2. The molecular formula is C16H25ClIN3. The van der Waals surface area contributed by atoms with Crippen molar-refractivity contribution in [2.75, 3.05) is 13.6 Å². The van der Waals surface area contributed by atoms with Gasteiger partial charge in [-0.3, -0.25) is 4.99 Å². The Hall–Kier alpha value is -0.490. The molecule has 0 atom stereocenters. The highest BCUT2D eigenvalue weighted by molar-refractivity contribution is 14.0. The zero-order valence-corrected chi connectivity index (χ0v) is 15.7. The number of aryl methyl sites for hydroxylation is 1. The summed E-state index contributed by atoms with van der Waals surface area (Å²) in [6.07, 6.45) is 7.24. The Morgan fingerprint density at radius 3 is 2.67 bits per heavy atom. The van der Waals surface area contributed by atoms with Crippen molar-refractivity contribution in [3.8, 4) is 0 Å². The van der Waals surface area contributed by atoms with Crippen molar-refractivity contribution in [2.24, 2.45) is 4.99 Å². The average Bonchev–Trinajstić information content (AvgIpc) is 2.97. The Kier molecular flexibility index (Phi) is 9.08. The summed E-state index contributed by atoms with van der Waals surface area (Å²) in [6.45, 7) is 0.914. The van der Waals surface area contributed by atoms with Crippen LogP contribution >= 0.6 is 35.6 Å². The van der Waals surface area contributed by atoms with E-state index in [2.05, 4.69) is 21.7 Å². The Balaban J connectivity index is 0.00000220. The van der Waals surface area contributed by atoms with Crippen LogP contribution in [0.3, 0.4) is 0 Å². The van der Waals surface area contributed by atoms with Gasteiger partial charge in [-0.1, -0.05) is 42.6 Å². The van der Waals surface area contributed by atoms with E-state index in [-0.39, 0.29) is 24.0 Å². The fraction of sp³-hybridized carbons (Fsp3) is 0.562. The molecule has 0 aromatic heterocycles. The summed E-state index contributed by atoms with van der Waals surface area (Å²) >= 11 is 6.15. The van der Waals surface area contributed by atoms with Gasteiger partial charge in [-0.25, -0.2) is 0 Å². The molecular weight excluding hydrogens is 397 g/mol. The first-order valence-corrected chi connectivity index (χ1v) is 7.88. The van der Waals surface area contributed by atoms with E-state index in [0.29, 0.717) is 6.04 Å². The quantitative estimate of drug-likeness (QED) is 0.326. The molecule has 1 fully saturated rings. The van der Waals surface area contributed by atoms with Crippen LogP contribution in [0.2, 0.25) is 5.02 Å². The van der Waals surface area contributed by atoms with E-state index in [4.69, 9.17) is 11.6 Å². The van der Waals surface area contributed by atoms with E-state index in [1.165, 1.54) is 31.2 Å². The van der Waals surface area contributed by atoms with Crippen LogP contribution in [-0.4, -0.2) is 25.6 Å². The van der Waals surface area contributed by atoms with Crippen LogP contribution in [0.4, 0.5) is 0 Å². The predicted octanol–water partition coefficient (Wildman–Crippen LogP) is 4.00. The molecule has 0 saturated heterocycles. The van der Waals surface area contributed by atoms with Crippen molar-refractivity contribution >= 4 is 41.5 Å². The molecule has 2 rings (SSSR count). The highest BCUT2D eigenvalue weighted by atomic mass is 127. The molecule has 3 nitrogen and oxygen atoms in total. The number of guanidine groups is 1. The van der Waals surface area contributed by atoms with Crippen molar-refractivity contribution in [1.82, 2.24) is 10.6 Å². The Bertz CT molecular complexity index is 445. The normalized spacial score (nSPS) is 15.6. The molecule has 1 saturated carbocycles. The number of halogens is 2. The standard InChI is InChI=1S/C16H24ClN3.HI/c1-18-16(20-14-9-3-4-10-14)19-12-6-8-13-7-2-5-11-15(13)17;/h2,5,7,11,14H,3-4,6,8-10,12H2,1H3,(H2,18,19,20);1H. The second-order valence-corrected chi connectivity index (χ2v) is 5.73. The SMILES string of the molecule is CN=C(NCCCc1ccccc1Cl)NC1CCCC1.I. The van der Waals surface area contributed by atoms with Gasteiger partial charge in [0.05, 0.1) is 0 Å². The lowest BCUT2D eigenvalue weighted by Gasteiger charge is -2.16. The van der Waals surface area contributed by atoms with Crippen molar-refractivity contribution in [2.45, 2.75) is 44.6 Å². The highest BCUT2D eigenvalue weighted by Gasteiger charge is 2.15. The van der Waals surface area contributed by atoms with Gasteiger partial charge in [0, 0.05) is 24.7 Å². The van der Waals surface area contributed by atoms with Gasteiger partial charge >= 0.3 is 0 Å². The highest BCUT2D eigenvalue weighted by Crippen LogP contribution is 2.17. The fourth-order valence-corrected chi connectivity index (χ4v) is 2.88. The molecule has 0 aliphatic heterocycles. The van der Waals surface area contributed by atoms with Gasteiger partial charge in [0.2, 0.25) is 0 Å². The van der Waals surface area contributed by atoms with Crippen LogP contribution in [0, 0.1) is 0 Å². The number of benzene rings is 1. The lowest BCUT2D eigenvalue weighted by Crippen LogP contribution is -2.42. The molecule has 1 aromatic carbocycles. The molecule has 1 aliphatic carbocycles. The van der Waals surface area contributed by atoms with E-state index < -0.39 is 0 Å². The molecule has 5 heteroatoms. The number of hydrogen-bond donors (Lipinski definition) is 2. The monoisotopic (exact) mass is 421 g/mol. The summed E-state index contributed by atoms with van der Waals surface area (Å²) in [5, 5.41) is 7.73. The number of hydrogen-bond acceptors (Lipinski definition) is 1. The smallest absolute Gasteiger partial charge is 0.191 e. The van der Waals surface area contributed by atoms with Crippen molar-refractivity contribution in [3.05, 3.63) is 34.9 Å². The molecule has 118 valence electrons. The Morgan fingerprint density at radius 1 is 1.29 bits per heavy atom. The van der Waals surface area contributed by atoms with Gasteiger partial charge in [-0.05, 0) is 37.3 Å². The minimum atomic E-state index is 0. The van der Waals surface area contributed by atoms with E-state index in [9.17, 15) is 0 Å². The van der Waals surface area contributed by atoms with Crippen molar-refractivity contribution < 1.29 is 0 Å². The summed E-state index contributed by atoms with van der Waals surface area (Å²) in [5.41, 5.74) is 1.22. The van der Waals surface area contributed by atoms with Crippen LogP contribution in [0.5, 0.6) is 0 Å². The minimum Gasteiger partial charge on any atom is -0.356 e. The topological polar surface area (TPSA) is 36.4 Å². The largest absolute Gasteiger partial charge is 0.356 e. The lowest BCUT2D eigenvalue weighted by atomic mass is 10.1. The van der Waals surface area contributed by atoms with Crippen LogP contribution in [0.25, 0.3) is 0 Å². The summed E-state index contributed by atoms with van der Waals surface area (Å²) in [6, 6.07) is 8.65. The maximum atomic E-state index is 6.15. The number of rotatable bonds is 5. The fourth-order valence-electron chi connectivity index (χ4n) is 2.64.